The van der Waals surface area contributed by atoms with Gasteiger partial charge in [0, 0.05) is 29.0 Å². The van der Waals surface area contributed by atoms with Gasteiger partial charge in [0.2, 0.25) is 0 Å². The third kappa shape index (κ3) is 2.81. The van der Waals surface area contributed by atoms with Crippen molar-refractivity contribution in [3.8, 4) is 17.2 Å². The number of esters is 2. The van der Waals surface area contributed by atoms with E-state index in [1.807, 2.05) is 45.0 Å². The number of carbonyl (C=O) groups excluding carboxylic acids is 2. The molecule has 0 saturated carbocycles. The third-order valence-corrected chi connectivity index (χ3v) is 5.04. The number of fused-ring (bicyclic) bond motifs is 3. The lowest BCUT2D eigenvalue weighted by molar-refractivity contribution is -0.136. The standard InChI is InChI=1S/C21H24O5/c1-6-15(22)25-19-14-11-9-8-10-13(14)18-17(20(19)26-16(23)7-2)21(4,5)12(3)24-18/h8-12H,6-7H2,1-5H3. The summed E-state index contributed by atoms with van der Waals surface area (Å²) in [4.78, 5) is 24.2. The summed E-state index contributed by atoms with van der Waals surface area (Å²) in [5.41, 5.74) is 0.361. The lowest BCUT2D eigenvalue weighted by Gasteiger charge is -2.25. The summed E-state index contributed by atoms with van der Waals surface area (Å²) in [7, 11) is 0. The van der Waals surface area contributed by atoms with Crippen LogP contribution < -0.4 is 14.2 Å². The quantitative estimate of drug-likeness (QED) is 0.595. The summed E-state index contributed by atoms with van der Waals surface area (Å²) in [6, 6.07) is 7.53. The fourth-order valence-corrected chi connectivity index (χ4v) is 3.16. The SMILES string of the molecule is CCC(=O)Oc1c2c(c3ccccc3c1OC(=O)CC)OC(C)C2(C)C. The van der Waals surface area contributed by atoms with Crippen molar-refractivity contribution in [1.82, 2.24) is 0 Å². The molecule has 1 heterocycles. The van der Waals surface area contributed by atoms with E-state index in [0.29, 0.717) is 22.6 Å². The Hall–Kier alpha value is -2.56. The van der Waals surface area contributed by atoms with Crippen molar-refractivity contribution in [2.75, 3.05) is 0 Å². The molecule has 0 fully saturated rings. The summed E-state index contributed by atoms with van der Waals surface area (Å²) in [6.45, 7) is 9.51. The van der Waals surface area contributed by atoms with Crippen LogP contribution in [0.2, 0.25) is 0 Å². The topological polar surface area (TPSA) is 61.8 Å². The van der Waals surface area contributed by atoms with Crippen LogP contribution in [0.1, 0.15) is 53.0 Å². The van der Waals surface area contributed by atoms with E-state index in [-0.39, 0.29) is 30.9 Å². The molecule has 0 amide bonds. The number of carbonyl (C=O) groups is 2. The van der Waals surface area contributed by atoms with Gasteiger partial charge in [0.05, 0.1) is 5.56 Å². The first kappa shape index (κ1) is 18.2. The zero-order valence-corrected chi connectivity index (χ0v) is 15.8. The summed E-state index contributed by atoms with van der Waals surface area (Å²) in [6.07, 6.45) is 0.333. The second kappa shape index (κ2) is 6.63. The molecule has 3 rings (SSSR count). The number of rotatable bonds is 4. The number of hydrogen-bond donors (Lipinski definition) is 0. The van der Waals surface area contributed by atoms with E-state index in [1.165, 1.54) is 0 Å². The fraction of sp³-hybridized carbons (Fsp3) is 0.429. The van der Waals surface area contributed by atoms with Gasteiger partial charge < -0.3 is 14.2 Å². The molecule has 0 radical (unpaired) electrons. The van der Waals surface area contributed by atoms with Crippen molar-refractivity contribution in [2.24, 2.45) is 0 Å². The average Bonchev–Trinajstić information content (AvgIpc) is 2.87. The maximum atomic E-state index is 12.1. The van der Waals surface area contributed by atoms with Gasteiger partial charge >= 0.3 is 11.9 Å². The van der Waals surface area contributed by atoms with Crippen LogP contribution in [0.15, 0.2) is 24.3 Å². The summed E-state index contributed by atoms with van der Waals surface area (Å²) >= 11 is 0. The summed E-state index contributed by atoms with van der Waals surface area (Å²) in [5.74, 6) is 0.508. The molecule has 0 N–H and O–H groups in total. The molecule has 5 nitrogen and oxygen atoms in total. The zero-order valence-electron chi connectivity index (χ0n) is 15.8. The van der Waals surface area contributed by atoms with Gasteiger partial charge in [-0.25, -0.2) is 0 Å². The van der Waals surface area contributed by atoms with E-state index in [0.717, 1.165) is 10.9 Å². The molecule has 0 aliphatic carbocycles. The largest absolute Gasteiger partial charge is 0.489 e. The van der Waals surface area contributed by atoms with Crippen LogP contribution in [0.3, 0.4) is 0 Å². The van der Waals surface area contributed by atoms with Gasteiger partial charge in [-0.2, -0.15) is 0 Å². The van der Waals surface area contributed by atoms with E-state index < -0.39 is 5.41 Å². The molecule has 2 aromatic carbocycles. The molecular weight excluding hydrogens is 332 g/mol. The van der Waals surface area contributed by atoms with Gasteiger partial charge in [-0.1, -0.05) is 52.0 Å². The van der Waals surface area contributed by atoms with E-state index in [9.17, 15) is 9.59 Å². The van der Waals surface area contributed by atoms with E-state index in [4.69, 9.17) is 14.2 Å². The van der Waals surface area contributed by atoms with Crippen molar-refractivity contribution in [3.05, 3.63) is 29.8 Å². The van der Waals surface area contributed by atoms with Crippen LogP contribution in [-0.2, 0) is 15.0 Å². The maximum Gasteiger partial charge on any atom is 0.311 e. The van der Waals surface area contributed by atoms with Gasteiger partial charge in [-0.15, -0.1) is 0 Å². The van der Waals surface area contributed by atoms with Crippen molar-refractivity contribution < 1.29 is 23.8 Å². The van der Waals surface area contributed by atoms with Gasteiger partial charge in [-0.3, -0.25) is 9.59 Å². The van der Waals surface area contributed by atoms with Crippen LogP contribution in [0.25, 0.3) is 10.8 Å². The Kier molecular flexibility index (Phi) is 4.65. The highest BCUT2D eigenvalue weighted by Crippen LogP contribution is 2.55. The lowest BCUT2D eigenvalue weighted by atomic mass is 9.80. The van der Waals surface area contributed by atoms with Crippen molar-refractivity contribution >= 4 is 22.7 Å². The lowest BCUT2D eigenvalue weighted by Crippen LogP contribution is -2.29. The van der Waals surface area contributed by atoms with Crippen LogP contribution in [0.4, 0.5) is 0 Å². The van der Waals surface area contributed by atoms with Crippen molar-refractivity contribution in [1.29, 1.82) is 0 Å². The molecule has 1 aliphatic rings. The average molecular weight is 356 g/mol. The number of benzene rings is 2. The molecule has 0 aromatic heterocycles. The highest BCUT2D eigenvalue weighted by molar-refractivity contribution is 6.00. The van der Waals surface area contributed by atoms with Crippen LogP contribution in [-0.4, -0.2) is 18.0 Å². The monoisotopic (exact) mass is 356 g/mol. The van der Waals surface area contributed by atoms with Crippen LogP contribution >= 0.6 is 0 Å². The summed E-state index contributed by atoms with van der Waals surface area (Å²) in [5, 5.41) is 1.53. The van der Waals surface area contributed by atoms with Gasteiger partial charge in [0.15, 0.2) is 11.5 Å². The molecule has 1 unspecified atom stereocenters. The number of hydrogen-bond acceptors (Lipinski definition) is 5. The minimum Gasteiger partial charge on any atom is -0.489 e. The minimum atomic E-state index is -0.407. The third-order valence-electron chi connectivity index (χ3n) is 5.04. The van der Waals surface area contributed by atoms with E-state index >= 15 is 0 Å². The first-order chi connectivity index (χ1) is 12.3. The molecule has 0 spiro atoms. The molecule has 0 bridgehead atoms. The predicted octanol–water partition coefficient (Wildman–Crippen LogP) is 4.53. The smallest absolute Gasteiger partial charge is 0.311 e. The molecule has 138 valence electrons. The Bertz CT molecular complexity index is 882. The molecule has 2 aromatic rings. The van der Waals surface area contributed by atoms with Crippen molar-refractivity contribution in [2.45, 2.75) is 59.0 Å². The maximum absolute atomic E-state index is 12.1. The van der Waals surface area contributed by atoms with E-state index in [2.05, 4.69) is 0 Å². The minimum absolute atomic E-state index is 0.114. The Balaban J connectivity index is 2.38. The second-order valence-electron chi connectivity index (χ2n) is 7.04. The molecule has 26 heavy (non-hydrogen) atoms. The van der Waals surface area contributed by atoms with Gasteiger partial charge in [-0.05, 0) is 6.92 Å². The zero-order chi connectivity index (χ0) is 19.1. The normalized spacial score (nSPS) is 17.5. The molecular formula is C21H24O5. The van der Waals surface area contributed by atoms with Gasteiger partial charge in [0.25, 0.3) is 0 Å². The molecule has 0 saturated heterocycles. The fourth-order valence-electron chi connectivity index (χ4n) is 3.16. The van der Waals surface area contributed by atoms with Crippen LogP contribution in [0.5, 0.6) is 17.2 Å². The second-order valence-corrected chi connectivity index (χ2v) is 7.04. The van der Waals surface area contributed by atoms with Crippen molar-refractivity contribution in [3.63, 3.8) is 0 Å². The van der Waals surface area contributed by atoms with Gasteiger partial charge in [0.1, 0.15) is 11.9 Å². The predicted molar refractivity (Wildman–Crippen MR) is 98.9 cm³/mol. The van der Waals surface area contributed by atoms with E-state index in [1.54, 1.807) is 13.8 Å². The first-order valence-corrected chi connectivity index (χ1v) is 8.98. The Morgan fingerprint density at radius 1 is 1.00 bits per heavy atom. The first-order valence-electron chi connectivity index (χ1n) is 8.98. The highest BCUT2D eigenvalue weighted by Gasteiger charge is 2.44. The van der Waals surface area contributed by atoms with Crippen LogP contribution in [0, 0.1) is 0 Å². The number of ether oxygens (including phenoxy) is 3. The molecule has 1 atom stereocenters. The molecule has 5 heteroatoms. The Labute approximate surface area is 153 Å². The summed E-state index contributed by atoms with van der Waals surface area (Å²) < 4.78 is 17.5. The highest BCUT2D eigenvalue weighted by atomic mass is 16.6. The Morgan fingerprint density at radius 2 is 1.54 bits per heavy atom. The Morgan fingerprint density at radius 3 is 2.12 bits per heavy atom. The molecule has 1 aliphatic heterocycles.